The molecule has 0 unspecified atom stereocenters. The first-order valence-electron chi connectivity index (χ1n) is 6.80. The van der Waals surface area contributed by atoms with Crippen LogP contribution in [0.3, 0.4) is 0 Å². The summed E-state index contributed by atoms with van der Waals surface area (Å²) in [4.78, 5) is 18.4. The van der Waals surface area contributed by atoms with Crippen molar-refractivity contribution >= 4 is 11.9 Å². The first-order valence-corrected chi connectivity index (χ1v) is 6.80. The van der Waals surface area contributed by atoms with Gasteiger partial charge < -0.3 is 15.1 Å². The predicted molar refractivity (Wildman–Crippen MR) is 75.0 cm³/mol. The molecule has 0 spiro atoms. The van der Waals surface area contributed by atoms with Crippen LogP contribution in [-0.2, 0) is 4.79 Å². The van der Waals surface area contributed by atoms with Crippen molar-refractivity contribution in [2.45, 2.75) is 26.4 Å². The molecular formula is C13H23F3N4O. The number of amides is 1. The van der Waals surface area contributed by atoms with Gasteiger partial charge in [0.2, 0.25) is 5.91 Å². The van der Waals surface area contributed by atoms with Crippen molar-refractivity contribution in [3.05, 3.63) is 0 Å². The topological polar surface area (TPSA) is 47.9 Å². The molecule has 1 saturated heterocycles. The van der Waals surface area contributed by atoms with Gasteiger partial charge in [-0.15, -0.1) is 0 Å². The quantitative estimate of drug-likeness (QED) is 0.632. The van der Waals surface area contributed by atoms with Gasteiger partial charge in [0.05, 0.1) is 6.54 Å². The van der Waals surface area contributed by atoms with E-state index in [1.807, 2.05) is 4.90 Å². The Bertz CT molecular complexity index is 407. The first kappa shape index (κ1) is 17.6. The normalized spacial score (nSPS) is 18.8. The molecule has 1 rings (SSSR count). The zero-order chi connectivity index (χ0) is 16.3. The molecule has 122 valence electrons. The summed E-state index contributed by atoms with van der Waals surface area (Å²) in [5.41, 5.74) is 0.175. The number of halogens is 3. The molecule has 1 N–H and O–H groups in total. The van der Waals surface area contributed by atoms with Crippen LogP contribution < -0.4 is 5.32 Å². The molecule has 1 amide bonds. The van der Waals surface area contributed by atoms with E-state index < -0.39 is 18.6 Å². The summed E-state index contributed by atoms with van der Waals surface area (Å²) in [6.45, 7) is 4.46. The minimum Gasteiger partial charge on any atom is -0.347 e. The lowest BCUT2D eigenvalue weighted by Crippen LogP contribution is -2.46. The summed E-state index contributed by atoms with van der Waals surface area (Å²) in [5.74, 6) is -0.0683. The third-order valence-corrected chi connectivity index (χ3v) is 3.43. The van der Waals surface area contributed by atoms with Gasteiger partial charge in [-0.25, -0.2) is 0 Å². The molecule has 21 heavy (non-hydrogen) atoms. The molecule has 5 nitrogen and oxygen atoms in total. The number of likely N-dealkylation sites (N-methyl/N-ethyl adjacent to an activating group) is 1. The number of alkyl halides is 3. The second-order valence-electron chi connectivity index (χ2n) is 6.10. The molecular weight excluding hydrogens is 285 g/mol. The maximum absolute atomic E-state index is 12.2. The molecule has 0 radical (unpaired) electrons. The van der Waals surface area contributed by atoms with Crippen molar-refractivity contribution < 1.29 is 18.0 Å². The Balaban J connectivity index is 2.48. The summed E-state index contributed by atoms with van der Waals surface area (Å²) in [7, 11) is 2.73. The summed E-state index contributed by atoms with van der Waals surface area (Å²) in [6, 6.07) is 0. The van der Waals surface area contributed by atoms with Crippen LogP contribution in [0, 0.1) is 5.41 Å². The van der Waals surface area contributed by atoms with E-state index in [1.165, 1.54) is 0 Å². The average Bonchev–Trinajstić information content (AvgIpc) is 2.68. The zero-order valence-electron chi connectivity index (χ0n) is 12.9. The Labute approximate surface area is 123 Å². The molecule has 8 heteroatoms. The Morgan fingerprint density at radius 3 is 2.48 bits per heavy atom. The highest BCUT2D eigenvalue weighted by atomic mass is 19.4. The number of likely N-dealkylation sites (tertiary alicyclic amines) is 1. The monoisotopic (exact) mass is 308 g/mol. The number of hydrogen-bond acceptors (Lipinski definition) is 2. The molecule has 0 aromatic heterocycles. The number of nitrogens with zero attached hydrogens (tertiary/aromatic N) is 3. The molecule has 0 saturated carbocycles. The highest BCUT2D eigenvalue weighted by Gasteiger charge is 2.32. The van der Waals surface area contributed by atoms with Gasteiger partial charge >= 0.3 is 6.18 Å². The van der Waals surface area contributed by atoms with Crippen LogP contribution in [0.15, 0.2) is 4.99 Å². The van der Waals surface area contributed by atoms with Gasteiger partial charge in [-0.1, -0.05) is 13.8 Å². The molecule has 1 fully saturated rings. The molecule has 0 aromatic carbocycles. The van der Waals surface area contributed by atoms with E-state index in [9.17, 15) is 18.0 Å². The van der Waals surface area contributed by atoms with Crippen molar-refractivity contribution in [2.75, 3.05) is 40.3 Å². The fourth-order valence-corrected chi connectivity index (χ4v) is 2.27. The van der Waals surface area contributed by atoms with Crippen molar-refractivity contribution in [3.63, 3.8) is 0 Å². The van der Waals surface area contributed by atoms with Crippen molar-refractivity contribution in [1.82, 2.24) is 15.1 Å². The maximum atomic E-state index is 12.2. The summed E-state index contributed by atoms with van der Waals surface area (Å²) >= 11 is 0. The third-order valence-electron chi connectivity index (χ3n) is 3.43. The van der Waals surface area contributed by atoms with Crippen LogP contribution >= 0.6 is 0 Å². The Morgan fingerprint density at radius 2 is 2.05 bits per heavy atom. The third kappa shape index (κ3) is 5.81. The second kappa shape index (κ2) is 6.53. The first-order chi connectivity index (χ1) is 9.54. The lowest BCUT2D eigenvalue weighted by atomic mass is 9.93. The zero-order valence-corrected chi connectivity index (χ0v) is 12.9. The molecule has 1 aliphatic heterocycles. The molecule has 0 aromatic rings. The van der Waals surface area contributed by atoms with Crippen molar-refractivity contribution in [2.24, 2.45) is 10.4 Å². The van der Waals surface area contributed by atoms with Gasteiger partial charge in [-0.2, -0.15) is 13.2 Å². The number of aliphatic imine (C=N–C) groups is 1. The molecule has 0 atom stereocenters. The van der Waals surface area contributed by atoms with Gasteiger partial charge in [-0.05, 0) is 11.8 Å². The van der Waals surface area contributed by atoms with Crippen molar-refractivity contribution in [1.29, 1.82) is 0 Å². The highest BCUT2D eigenvalue weighted by Crippen LogP contribution is 2.28. The van der Waals surface area contributed by atoms with E-state index in [1.54, 1.807) is 7.05 Å². The number of rotatable bonds is 3. The van der Waals surface area contributed by atoms with Crippen LogP contribution in [0.4, 0.5) is 13.2 Å². The van der Waals surface area contributed by atoms with E-state index in [0.29, 0.717) is 10.9 Å². The number of guanidine groups is 1. The minimum absolute atomic E-state index is 0.175. The van der Waals surface area contributed by atoms with Crippen LogP contribution in [-0.4, -0.2) is 68.1 Å². The highest BCUT2D eigenvalue weighted by molar-refractivity contribution is 5.86. The van der Waals surface area contributed by atoms with Gasteiger partial charge in [0.25, 0.3) is 0 Å². The van der Waals surface area contributed by atoms with Crippen LogP contribution in [0.1, 0.15) is 20.3 Å². The number of carbonyl (C=O) groups is 1. The number of nitrogens with one attached hydrogen (secondary N) is 1. The molecule has 0 aliphatic carbocycles. The standard InChI is InChI=1S/C13H23F3N4O/c1-12(2)5-6-20(8-12)11(17-3)18-7-10(21)19(4)9-13(14,15)16/h5-9H2,1-4H3,(H,17,18). The van der Waals surface area contributed by atoms with Crippen LogP contribution in [0.2, 0.25) is 0 Å². The van der Waals surface area contributed by atoms with E-state index in [4.69, 9.17) is 0 Å². The summed E-state index contributed by atoms with van der Waals surface area (Å²) in [5, 5.41) is 2.83. The van der Waals surface area contributed by atoms with Crippen molar-refractivity contribution in [3.8, 4) is 0 Å². The molecule has 1 aliphatic rings. The van der Waals surface area contributed by atoms with Gasteiger partial charge in [0, 0.05) is 27.2 Å². The van der Waals surface area contributed by atoms with E-state index in [2.05, 4.69) is 24.2 Å². The molecule has 0 bridgehead atoms. The lowest BCUT2D eigenvalue weighted by Gasteiger charge is -2.25. The Morgan fingerprint density at radius 1 is 1.43 bits per heavy atom. The largest absolute Gasteiger partial charge is 0.406 e. The smallest absolute Gasteiger partial charge is 0.347 e. The number of hydrogen-bond donors (Lipinski definition) is 1. The van der Waals surface area contributed by atoms with Crippen LogP contribution in [0.25, 0.3) is 0 Å². The minimum atomic E-state index is -4.38. The van der Waals surface area contributed by atoms with Gasteiger partial charge in [-0.3, -0.25) is 9.79 Å². The van der Waals surface area contributed by atoms with Gasteiger partial charge in [0.1, 0.15) is 6.54 Å². The summed E-state index contributed by atoms with van der Waals surface area (Å²) < 4.78 is 36.6. The van der Waals surface area contributed by atoms with Gasteiger partial charge in [0.15, 0.2) is 5.96 Å². The SMILES string of the molecule is CN=C(NCC(=O)N(C)CC(F)(F)F)N1CCC(C)(C)C1. The Kier molecular flexibility index (Phi) is 5.47. The fraction of sp³-hybridized carbons (Fsp3) is 0.846. The summed E-state index contributed by atoms with van der Waals surface area (Å²) in [6.07, 6.45) is -3.37. The number of carbonyl (C=O) groups excluding carboxylic acids is 1. The molecule has 1 heterocycles. The maximum Gasteiger partial charge on any atom is 0.406 e. The fourth-order valence-electron chi connectivity index (χ4n) is 2.27. The lowest BCUT2D eigenvalue weighted by molar-refractivity contribution is -0.157. The van der Waals surface area contributed by atoms with E-state index >= 15 is 0 Å². The predicted octanol–water partition coefficient (Wildman–Crippen LogP) is 1.31. The van der Waals surface area contributed by atoms with E-state index in [0.717, 1.165) is 26.6 Å². The Hall–Kier alpha value is -1.47. The van der Waals surface area contributed by atoms with Crippen LogP contribution in [0.5, 0.6) is 0 Å². The second-order valence-corrected chi connectivity index (χ2v) is 6.10. The average molecular weight is 308 g/mol. The van der Waals surface area contributed by atoms with E-state index in [-0.39, 0.29) is 12.0 Å².